The number of thiazole rings is 1. The number of anilines is 1. The lowest BCUT2D eigenvalue weighted by Gasteiger charge is -2.27. The highest BCUT2D eigenvalue weighted by Gasteiger charge is 2.30. The van der Waals surface area contributed by atoms with Crippen molar-refractivity contribution in [2.45, 2.75) is 43.4 Å². The van der Waals surface area contributed by atoms with Crippen LogP contribution in [0.1, 0.15) is 30.0 Å². The summed E-state index contributed by atoms with van der Waals surface area (Å²) in [6.45, 7) is 4.98. The van der Waals surface area contributed by atoms with Gasteiger partial charge in [0.05, 0.1) is 18.7 Å². The number of aromatic nitrogens is 1. The highest BCUT2D eigenvalue weighted by atomic mass is 32.2. The minimum atomic E-state index is -3.45. The molecule has 1 aliphatic heterocycles. The highest BCUT2D eigenvalue weighted by Crippen LogP contribution is 2.30. The topological polar surface area (TPSA) is 82.6 Å². The lowest BCUT2D eigenvalue weighted by Crippen LogP contribution is -2.42. The van der Waals surface area contributed by atoms with Crippen molar-refractivity contribution < 1.29 is 13.2 Å². The molecule has 10 heteroatoms. The smallest absolute Gasteiger partial charge is 0.281 e. The number of nitrogens with zero attached hydrogens (tertiary/aromatic N) is 3. The summed E-state index contributed by atoms with van der Waals surface area (Å²) in [5.41, 5.74) is 1.81. The molecule has 1 aromatic heterocycles. The van der Waals surface area contributed by atoms with Gasteiger partial charge >= 0.3 is 0 Å². The molecule has 0 radical (unpaired) electrons. The van der Waals surface area contributed by atoms with Gasteiger partial charge in [0, 0.05) is 42.1 Å². The van der Waals surface area contributed by atoms with Crippen molar-refractivity contribution >= 4 is 44.3 Å². The first-order valence-electron chi connectivity index (χ1n) is 9.37. The Bertz CT molecular complexity index is 969. The standard InChI is InChI=1S/C19H26N4O3S3/c1-13(2)27-15-7-5-14(6-8-15)11-18(24)21-19-20-16-9-10-23(12-17(16)28-19)29(25,26)22(3)4/h5-8,13H,9-12H2,1-4H3,(H,20,21,24). The van der Waals surface area contributed by atoms with Crippen LogP contribution in [0.25, 0.3) is 0 Å². The van der Waals surface area contributed by atoms with Gasteiger partial charge in [0.1, 0.15) is 0 Å². The van der Waals surface area contributed by atoms with Gasteiger partial charge in [-0.15, -0.1) is 23.1 Å². The fourth-order valence-corrected chi connectivity index (χ4v) is 6.00. The van der Waals surface area contributed by atoms with E-state index in [1.807, 2.05) is 24.3 Å². The van der Waals surface area contributed by atoms with E-state index in [4.69, 9.17) is 0 Å². The quantitative estimate of drug-likeness (QED) is 0.651. The van der Waals surface area contributed by atoms with E-state index in [2.05, 4.69) is 24.1 Å². The van der Waals surface area contributed by atoms with Crippen LogP contribution in [0, 0.1) is 0 Å². The van der Waals surface area contributed by atoms with Gasteiger partial charge in [-0.25, -0.2) is 4.98 Å². The van der Waals surface area contributed by atoms with Crippen molar-refractivity contribution in [2.24, 2.45) is 0 Å². The van der Waals surface area contributed by atoms with E-state index in [1.54, 1.807) is 11.8 Å². The molecule has 0 atom stereocenters. The van der Waals surface area contributed by atoms with Crippen LogP contribution >= 0.6 is 23.1 Å². The van der Waals surface area contributed by atoms with Gasteiger partial charge in [0.15, 0.2) is 5.13 Å². The molecule has 7 nitrogen and oxygen atoms in total. The van der Waals surface area contributed by atoms with Crippen LogP contribution in [0.3, 0.4) is 0 Å². The van der Waals surface area contributed by atoms with Crippen molar-refractivity contribution in [3.63, 3.8) is 0 Å². The number of carbonyl (C=O) groups excluding carboxylic acids is 1. The lowest BCUT2D eigenvalue weighted by molar-refractivity contribution is -0.115. The summed E-state index contributed by atoms with van der Waals surface area (Å²) >= 11 is 3.13. The zero-order valence-corrected chi connectivity index (χ0v) is 19.5. The molecule has 0 saturated carbocycles. The van der Waals surface area contributed by atoms with E-state index in [0.717, 1.165) is 16.1 Å². The van der Waals surface area contributed by atoms with Gasteiger partial charge in [0.25, 0.3) is 10.2 Å². The average molecular weight is 455 g/mol. The molecule has 1 aliphatic rings. The highest BCUT2D eigenvalue weighted by molar-refractivity contribution is 7.99. The SMILES string of the molecule is CC(C)Sc1ccc(CC(=O)Nc2nc3c(s2)CN(S(=O)(=O)N(C)C)CC3)cc1. The summed E-state index contributed by atoms with van der Waals surface area (Å²) in [4.78, 5) is 19.0. The summed E-state index contributed by atoms with van der Waals surface area (Å²) < 4.78 is 27.3. The Morgan fingerprint density at radius 2 is 2.00 bits per heavy atom. The van der Waals surface area contributed by atoms with E-state index in [1.165, 1.54) is 38.9 Å². The molecule has 0 unspecified atom stereocenters. The van der Waals surface area contributed by atoms with Crippen molar-refractivity contribution in [3.8, 4) is 0 Å². The van der Waals surface area contributed by atoms with Gasteiger partial charge in [-0.05, 0) is 17.7 Å². The van der Waals surface area contributed by atoms with Crippen LogP contribution in [0.15, 0.2) is 29.2 Å². The van der Waals surface area contributed by atoms with Crippen LogP contribution < -0.4 is 5.32 Å². The Balaban J connectivity index is 1.61. The lowest BCUT2D eigenvalue weighted by atomic mass is 10.1. The van der Waals surface area contributed by atoms with Gasteiger partial charge in [0.2, 0.25) is 5.91 Å². The molecule has 0 spiro atoms. The molecule has 0 bridgehead atoms. The molecule has 158 valence electrons. The molecule has 1 amide bonds. The molecule has 2 aromatic rings. The monoisotopic (exact) mass is 454 g/mol. The maximum absolute atomic E-state index is 12.4. The molecular weight excluding hydrogens is 428 g/mol. The number of hydrogen-bond donors (Lipinski definition) is 1. The van der Waals surface area contributed by atoms with Crippen molar-refractivity contribution in [1.29, 1.82) is 0 Å². The first kappa shape index (κ1) is 22.2. The summed E-state index contributed by atoms with van der Waals surface area (Å²) in [5.74, 6) is -0.127. The molecule has 29 heavy (non-hydrogen) atoms. The molecule has 1 aromatic carbocycles. The normalized spacial score (nSPS) is 15.0. The van der Waals surface area contributed by atoms with Crippen molar-refractivity contribution in [3.05, 3.63) is 40.4 Å². The summed E-state index contributed by atoms with van der Waals surface area (Å²) in [6, 6.07) is 8.02. The first-order valence-corrected chi connectivity index (χ1v) is 12.5. The number of thioether (sulfide) groups is 1. The molecule has 3 rings (SSSR count). The second-order valence-corrected chi connectivity index (χ2v) is 12.2. The van der Waals surface area contributed by atoms with Gasteiger partial charge in [-0.1, -0.05) is 26.0 Å². The molecule has 0 aliphatic carbocycles. The molecule has 0 saturated heterocycles. The van der Waals surface area contributed by atoms with Crippen LogP contribution in [-0.4, -0.2) is 53.8 Å². The zero-order valence-electron chi connectivity index (χ0n) is 17.0. The Kier molecular flexibility index (Phi) is 7.00. The van der Waals surface area contributed by atoms with Crippen molar-refractivity contribution in [1.82, 2.24) is 13.6 Å². The number of fused-ring (bicyclic) bond motifs is 1. The van der Waals surface area contributed by atoms with E-state index in [0.29, 0.717) is 29.9 Å². The summed E-state index contributed by atoms with van der Waals surface area (Å²) in [5, 5.41) is 3.90. The fraction of sp³-hybridized carbons (Fsp3) is 0.474. The van der Waals surface area contributed by atoms with Crippen LogP contribution in [-0.2, 0) is 34.4 Å². The predicted octanol–water partition coefficient (Wildman–Crippen LogP) is 2.99. The number of amides is 1. The average Bonchev–Trinajstić information content (AvgIpc) is 3.03. The Labute approximate surface area is 180 Å². The second kappa shape index (κ2) is 9.13. The third kappa shape index (κ3) is 5.58. The number of hydrogen-bond acceptors (Lipinski definition) is 6. The third-order valence-electron chi connectivity index (χ3n) is 4.39. The van der Waals surface area contributed by atoms with Crippen molar-refractivity contribution in [2.75, 3.05) is 26.0 Å². The molecule has 2 heterocycles. The van der Waals surface area contributed by atoms with Crippen LogP contribution in [0.4, 0.5) is 5.13 Å². The zero-order chi connectivity index (χ0) is 21.2. The second-order valence-electron chi connectivity index (χ2n) is 7.30. The molecule has 0 fully saturated rings. The molecule has 1 N–H and O–H groups in total. The summed E-state index contributed by atoms with van der Waals surface area (Å²) in [6.07, 6.45) is 0.821. The summed E-state index contributed by atoms with van der Waals surface area (Å²) in [7, 11) is -0.402. The van der Waals surface area contributed by atoms with E-state index in [9.17, 15) is 13.2 Å². The maximum Gasteiger partial charge on any atom is 0.281 e. The van der Waals surface area contributed by atoms with Crippen LogP contribution in [0.5, 0.6) is 0 Å². The number of carbonyl (C=O) groups is 1. The number of benzene rings is 1. The molecular formula is C19H26N4O3S3. The van der Waals surface area contributed by atoms with E-state index in [-0.39, 0.29) is 12.3 Å². The fourth-order valence-electron chi connectivity index (χ4n) is 2.96. The Morgan fingerprint density at radius 3 is 2.62 bits per heavy atom. The number of nitrogens with one attached hydrogen (secondary N) is 1. The van der Waals surface area contributed by atoms with E-state index >= 15 is 0 Å². The maximum atomic E-state index is 12.4. The third-order valence-corrected chi connectivity index (χ3v) is 8.29. The number of rotatable bonds is 7. The first-order chi connectivity index (χ1) is 13.6. The van der Waals surface area contributed by atoms with Gasteiger partial charge in [-0.3, -0.25) is 4.79 Å². The Hall–Kier alpha value is -1.46. The van der Waals surface area contributed by atoms with Crippen LogP contribution in [0.2, 0.25) is 0 Å². The largest absolute Gasteiger partial charge is 0.302 e. The Morgan fingerprint density at radius 1 is 1.31 bits per heavy atom. The van der Waals surface area contributed by atoms with E-state index < -0.39 is 10.2 Å². The predicted molar refractivity (Wildman–Crippen MR) is 119 cm³/mol. The van der Waals surface area contributed by atoms with Gasteiger partial charge in [-0.2, -0.15) is 17.0 Å². The van der Waals surface area contributed by atoms with Gasteiger partial charge < -0.3 is 5.32 Å². The minimum absolute atomic E-state index is 0.127. The minimum Gasteiger partial charge on any atom is -0.302 e.